The third-order valence-corrected chi connectivity index (χ3v) is 2.40. The van der Waals surface area contributed by atoms with Gasteiger partial charge in [0.1, 0.15) is 11.4 Å². The zero-order valence-corrected chi connectivity index (χ0v) is 10.6. The largest absolute Gasteiger partial charge is 0.386 e. The Hall–Kier alpha value is -1.46. The Bertz CT molecular complexity index is 390. The molecule has 2 N–H and O–H groups in total. The van der Waals surface area contributed by atoms with Crippen LogP contribution in [0.15, 0.2) is 24.3 Å². The lowest BCUT2D eigenvalue weighted by atomic mass is 10.1. The maximum absolute atomic E-state index is 12.7. The lowest BCUT2D eigenvalue weighted by molar-refractivity contribution is -0.122. The Morgan fingerprint density at radius 1 is 1.44 bits per heavy atom. The number of nitrogens with one attached hydrogen (secondary N) is 1. The topological polar surface area (TPSA) is 58.6 Å². The average Bonchev–Trinajstić information content (AvgIpc) is 2.30. The van der Waals surface area contributed by atoms with Crippen molar-refractivity contribution in [2.75, 3.05) is 20.3 Å². The summed E-state index contributed by atoms with van der Waals surface area (Å²) in [6.07, 6.45) is 0.156. The molecular weight excluding hydrogens is 237 g/mol. The summed E-state index contributed by atoms with van der Waals surface area (Å²) in [7, 11) is 1.48. The second-order valence-electron chi connectivity index (χ2n) is 4.51. The molecule has 0 aliphatic rings. The number of methoxy groups -OCH3 is 1. The monoisotopic (exact) mass is 255 g/mol. The lowest BCUT2D eigenvalue weighted by Gasteiger charge is -2.22. The van der Waals surface area contributed by atoms with Crippen LogP contribution in [-0.4, -0.2) is 36.9 Å². The zero-order chi connectivity index (χ0) is 13.6. The normalized spacial score (nSPS) is 14.0. The highest BCUT2D eigenvalue weighted by molar-refractivity contribution is 5.78. The van der Waals surface area contributed by atoms with E-state index >= 15 is 0 Å². The molecular formula is C13H18FNO3. The smallest absolute Gasteiger partial charge is 0.224 e. The molecule has 0 aliphatic carbocycles. The predicted octanol–water partition coefficient (Wildman–Crippen LogP) is 0.882. The Balaban J connectivity index is 2.40. The van der Waals surface area contributed by atoms with Crippen LogP contribution in [0.25, 0.3) is 0 Å². The molecule has 1 amide bonds. The van der Waals surface area contributed by atoms with E-state index in [1.165, 1.54) is 19.2 Å². The van der Waals surface area contributed by atoms with Crippen LogP contribution in [0.1, 0.15) is 12.5 Å². The molecule has 0 fully saturated rings. The van der Waals surface area contributed by atoms with Gasteiger partial charge in [0.05, 0.1) is 13.0 Å². The molecule has 4 nitrogen and oxygen atoms in total. The van der Waals surface area contributed by atoms with E-state index in [1.54, 1.807) is 19.1 Å². The van der Waals surface area contributed by atoms with Gasteiger partial charge in [-0.3, -0.25) is 4.79 Å². The molecule has 0 aliphatic heterocycles. The van der Waals surface area contributed by atoms with Crippen LogP contribution in [-0.2, 0) is 16.0 Å². The molecule has 0 bridgehead atoms. The molecule has 1 aromatic rings. The van der Waals surface area contributed by atoms with Crippen molar-refractivity contribution in [1.29, 1.82) is 0 Å². The number of halogens is 1. The average molecular weight is 255 g/mol. The van der Waals surface area contributed by atoms with Crippen LogP contribution >= 0.6 is 0 Å². The molecule has 18 heavy (non-hydrogen) atoms. The summed E-state index contributed by atoms with van der Waals surface area (Å²) in [6, 6.07) is 5.73. The number of amides is 1. The fourth-order valence-electron chi connectivity index (χ4n) is 1.50. The fourth-order valence-corrected chi connectivity index (χ4v) is 1.50. The van der Waals surface area contributed by atoms with E-state index in [0.717, 1.165) is 5.56 Å². The first-order chi connectivity index (χ1) is 8.43. The van der Waals surface area contributed by atoms with Crippen LogP contribution < -0.4 is 5.32 Å². The molecule has 1 rings (SSSR count). The number of benzene rings is 1. The summed E-state index contributed by atoms with van der Waals surface area (Å²) in [6.45, 7) is 1.83. The maximum atomic E-state index is 12.7. The molecule has 0 saturated carbocycles. The number of carbonyl (C=O) groups is 1. The highest BCUT2D eigenvalue weighted by atomic mass is 19.1. The molecule has 1 aromatic carbocycles. The molecule has 0 aromatic heterocycles. The number of hydrogen-bond acceptors (Lipinski definition) is 3. The van der Waals surface area contributed by atoms with E-state index in [4.69, 9.17) is 4.74 Å². The highest BCUT2D eigenvalue weighted by Crippen LogP contribution is 2.04. The number of hydrogen-bond donors (Lipinski definition) is 2. The number of carbonyl (C=O) groups excluding carboxylic acids is 1. The van der Waals surface area contributed by atoms with Gasteiger partial charge in [-0.15, -0.1) is 0 Å². The predicted molar refractivity (Wildman–Crippen MR) is 65.6 cm³/mol. The van der Waals surface area contributed by atoms with Crippen molar-refractivity contribution >= 4 is 5.91 Å². The minimum atomic E-state index is -1.09. The summed E-state index contributed by atoms with van der Waals surface area (Å²) < 4.78 is 17.5. The van der Waals surface area contributed by atoms with E-state index in [9.17, 15) is 14.3 Å². The van der Waals surface area contributed by atoms with Gasteiger partial charge in [-0.2, -0.15) is 0 Å². The van der Waals surface area contributed by atoms with E-state index in [1.807, 2.05) is 0 Å². The summed E-state index contributed by atoms with van der Waals surface area (Å²) in [4.78, 5) is 11.6. The summed E-state index contributed by atoms with van der Waals surface area (Å²) >= 11 is 0. The van der Waals surface area contributed by atoms with Gasteiger partial charge in [0.25, 0.3) is 0 Å². The second kappa shape index (κ2) is 6.47. The first-order valence-corrected chi connectivity index (χ1v) is 5.65. The standard InChI is InChI=1S/C13H18FNO3/c1-13(17,9-18-2)8-15-12(16)7-10-3-5-11(14)6-4-10/h3-6,17H,7-9H2,1-2H3,(H,15,16). The maximum Gasteiger partial charge on any atom is 0.224 e. The van der Waals surface area contributed by atoms with Crippen LogP contribution in [0.4, 0.5) is 4.39 Å². The molecule has 1 unspecified atom stereocenters. The Labute approximate surface area is 106 Å². The molecule has 0 heterocycles. The van der Waals surface area contributed by atoms with E-state index in [0.29, 0.717) is 0 Å². The SMILES string of the molecule is COCC(C)(O)CNC(=O)Cc1ccc(F)cc1. The van der Waals surface area contributed by atoms with Crippen molar-refractivity contribution in [1.82, 2.24) is 5.32 Å². The molecule has 5 heteroatoms. The fraction of sp³-hybridized carbons (Fsp3) is 0.462. The van der Waals surface area contributed by atoms with Crippen LogP contribution in [0.5, 0.6) is 0 Å². The summed E-state index contributed by atoms with van der Waals surface area (Å²) in [5.41, 5.74) is -0.368. The third-order valence-electron chi connectivity index (χ3n) is 2.40. The number of ether oxygens (including phenoxy) is 1. The van der Waals surface area contributed by atoms with E-state index < -0.39 is 5.60 Å². The Morgan fingerprint density at radius 3 is 2.61 bits per heavy atom. The summed E-state index contributed by atoms with van der Waals surface area (Å²) in [5.74, 6) is -0.555. The van der Waals surface area contributed by atoms with Crippen molar-refractivity contribution in [2.45, 2.75) is 18.9 Å². The first-order valence-electron chi connectivity index (χ1n) is 5.65. The lowest BCUT2D eigenvalue weighted by Crippen LogP contribution is -2.44. The first kappa shape index (κ1) is 14.6. The second-order valence-corrected chi connectivity index (χ2v) is 4.51. The Morgan fingerprint density at radius 2 is 2.06 bits per heavy atom. The molecule has 0 radical (unpaired) electrons. The van der Waals surface area contributed by atoms with Gasteiger partial charge >= 0.3 is 0 Å². The minimum Gasteiger partial charge on any atom is -0.386 e. The van der Waals surface area contributed by atoms with Gasteiger partial charge in [-0.25, -0.2) is 4.39 Å². The minimum absolute atomic E-state index is 0.112. The molecule has 1 atom stereocenters. The molecule has 0 saturated heterocycles. The van der Waals surface area contributed by atoms with E-state index in [-0.39, 0.29) is 31.3 Å². The van der Waals surface area contributed by atoms with Crippen molar-refractivity contribution in [2.24, 2.45) is 0 Å². The number of rotatable bonds is 6. The number of aliphatic hydroxyl groups is 1. The van der Waals surface area contributed by atoms with Gasteiger partial charge in [0.15, 0.2) is 0 Å². The quantitative estimate of drug-likeness (QED) is 0.793. The third kappa shape index (κ3) is 5.25. The van der Waals surface area contributed by atoms with Crippen LogP contribution in [0, 0.1) is 5.82 Å². The molecule has 100 valence electrons. The highest BCUT2D eigenvalue weighted by Gasteiger charge is 2.20. The molecule has 0 spiro atoms. The van der Waals surface area contributed by atoms with Crippen LogP contribution in [0.2, 0.25) is 0 Å². The van der Waals surface area contributed by atoms with E-state index in [2.05, 4.69) is 5.32 Å². The van der Waals surface area contributed by atoms with Crippen molar-refractivity contribution < 1.29 is 19.0 Å². The van der Waals surface area contributed by atoms with Gasteiger partial charge in [0.2, 0.25) is 5.91 Å². The zero-order valence-electron chi connectivity index (χ0n) is 10.6. The van der Waals surface area contributed by atoms with Crippen molar-refractivity contribution in [3.63, 3.8) is 0 Å². The van der Waals surface area contributed by atoms with Gasteiger partial charge in [0, 0.05) is 13.7 Å². The van der Waals surface area contributed by atoms with Crippen molar-refractivity contribution in [3.8, 4) is 0 Å². The Kier molecular flexibility index (Phi) is 5.25. The van der Waals surface area contributed by atoms with Gasteiger partial charge in [-0.1, -0.05) is 12.1 Å². The van der Waals surface area contributed by atoms with Gasteiger partial charge < -0.3 is 15.2 Å². The summed E-state index contributed by atoms with van der Waals surface area (Å²) in [5, 5.41) is 12.4. The van der Waals surface area contributed by atoms with Crippen molar-refractivity contribution in [3.05, 3.63) is 35.6 Å². The van der Waals surface area contributed by atoms with Gasteiger partial charge in [-0.05, 0) is 24.6 Å². The van der Waals surface area contributed by atoms with Crippen LogP contribution in [0.3, 0.4) is 0 Å².